The van der Waals surface area contributed by atoms with Gasteiger partial charge in [0.05, 0.1) is 21.0 Å². The summed E-state index contributed by atoms with van der Waals surface area (Å²) < 4.78 is 28.9. The minimum atomic E-state index is -3.81. The van der Waals surface area contributed by atoms with Crippen LogP contribution in [0.2, 0.25) is 0 Å². The fourth-order valence-electron chi connectivity index (χ4n) is 4.18. The van der Waals surface area contributed by atoms with Gasteiger partial charge in [0.15, 0.2) is 0 Å². The van der Waals surface area contributed by atoms with E-state index in [2.05, 4.69) is 59.8 Å². The number of fused-ring (bicyclic) bond motifs is 3. The molecule has 0 fully saturated rings. The highest BCUT2D eigenvalue weighted by atomic mass is 32.9. The number of anilines is 2. The zero-order valence-corrected chi connectivity index (χ0v) is 22.5. The Morgan fingerprint density at radius 2 is 1.77 bits per heavy atom. The molecule has 0 saturated carbocycles. The molecule has 4 aromatic rings. The lowest BCUT2D eigenvalue weighted by molar-refractivity contribution is 0.601. The predicted molar refractivity (Wildman–Crippen MR) is 143 cm³/mol. The molecule has 1 aliphatic heterocycles. The maximum atomic E-state index is 12.8. The second kappa shape index (κ2) is 8.54. The number of sulfonamides is 1. The van der Waals surface area contributed by atoms with Crippen LogP contribution < -0.4 is 14.7 Å². The lowest BCUT2D eigenvalue weighted by Crippen LogP contribution is -2.32. The van der Waals surface area contributed by atoms with Crippen LogP contribution in [0.5, 0.6) is 0 Å². The van der Waals surface area contributed by atoms with Crippen LogP contribution in [0.1, 0.15) is 35.5 Å². The number of aromatic nitrogens is 2. The van der Waals surface area contributed by atoms with Crippen LogP contribution in [0, 0.1) is 20.8 Å². The van der Waals surface area contributed by atoms with Crippen LogP contribution in [-0.4, -0.2) is 18.4 Å². The van der Waals surface area contributed by atoms with Crippen LogP contribution in [0.3, 0.4) is 0 Å². The van der Waals surface area contributed by atoms with Crippen LogP contribution in [0.4, 0.5) is 17.3 Å². The predicted octanol–water partition coefficient (Wildman–Crippen LogP) is 5.89. The van der Waals surface area contributed by atoms with Crippen molar-refractivity contribution in [1.82, 2.24) is 9.97 Å². The maximum Gasteiger partial charge on any atom is 0.264 e. The van der Waals surface area contributed by atoms with Gasteiger partial charge in [-0.05, 0) is 76.6 Å². The first-order valence-corrected chi connectivity index (χ1v) is 14.7. The van der Waals surface area contributed by atoms with E-state index in [0.717, 1.165) is 21.5 Å². The molecule has 2 N–H and O–H groups in total. The van der Waals surface area contributed by atoms with Gasteiger partial charge in [-0.3, -0.25) is 0 Å². The van der Waals surface area contributed by atoms with E-state index in [1.54, 1.807) is 57.9 Å². The molecule has 2 aromatic heterocycles. The summed E-state index contributed by atoms with van der Waals surface area (Å²) in [5.74, 6) is 0.0472. The summed E-state index contributed by atoms with van der Waals surface area (Å²) in [6, 6.07) is 12.6. The zero-order chi connectivity index (χ0) is 25.0. The molecule has 0 atom stereocenters. The number of rotatable bonds is 4. The molecule has 1 aliphatic rings. The molecular formula is C25H25N5O2S3. The fourth-order valence-corrected chi connectivity index (χ4v) is 8.07. The van der Waals surface area contributed by atoms with Crippen molar-refractivity contribution in [2.75, 3.05) is 10.0 Å². The molecule has 0 spiro atoms. The van der Waals surface area contributed by atoms with Crippen LogP contribution in [-0.2, 0) is 15.6 Å². The summed E-state index contributed by atoms with van der Waals surface area (Å²) in [5, 5.41) is 3.70. The van der Waals surface area contributed by atoms with Crippen molar-refractivity contribution in [1.29, 1.82) is 0 Å². The third kappa shape index (κ3) is 4.49. The van der Waals surface area contributed by atoms with Gasteiger partial charge in [-0.1, -0.05) is 32.3 Å². The van der Waals surface area contributed by atoms with E-state index in [4.69, 9.17) is 4.99 Å². The molecular weight excluding hydrogens is 499 g/mol. The lowest BCUT2D eigenvalue weighted by atomic mass is 9.87. The minimum absolute atomic E-state index is 0.0472. The largest absolute Gasteiger partial charge is 0.374 e. The molecule has 3 heterocycles. The normalized spacial score (nSPS) is 14.7. The Morgan fingerprint density at radius 3 is 2.49 bits per heavy atom. The third-order valence-electron chi connectivity index (χ3n) is 5.80. The van der Waals surface area contributed by atoms with Gasteiger partial charge >= 0.3 is 0 Å². The van der Waals surface area contributed by atoms with E-state index in [1.807, 2.05) is 0 Å². The first-order valence-electron chi connectivity index (χ1n) is 11.0. The summed E-state index contributed by atoms with van der Waals surface area (Å²) >= 11 is 0. The number of benzene rings is 2. The van der Waals surface area contributed by atoms with Crippen molar-refractivity contribution < 1.29 is 8.42 Å². The summed E-state index contributed by atoms with van der Waals surface area (Å²) in [6.07, 6.45) is 1.52. The van der Waals surface area contributed by atoms with Gasteiger partial charge in [-0.15, -0.1) is 0 Å². The molecule has 0 bridgehead atoms. The quantitative estimate of drug-likeness (QED) is 0.325. The van der Waals surface area contributed by atoms with Gasteiger partial charge in [0.2, 0.25) is 5.95 Å². The Balaban J connectivity index is 1.53. The Morgan fingerprint density at radius 1 is 1.03 bits per heavy atom. The van der Waals surface area contributed by atoms with E-state index in [9.17, 15) is 8.42 Å². The van der Waals surface area contributed by atoms with Gasteiger partial charge in [-0.2, -0.15) is 0 Å². The minimum Gasteiger partial charge on any atom is -0.374 e. The number of hydrogen-bond acceptors (Lipinski definition) is 8. The van der Waals surface area contributed by atoms with Crippen LogP contribution >= 0.6 is 20.7 Å². The molecule has 35 heavy (non-hydrogen) atoms. The molecule has 10 heteroatoms. The highest BCUT2D eigenvalue weighted by Crippen LogP contribution is 2.46. The lowest BCUT2D eigenvalue weighted by Gasteiger charge is -2.34. The number of nitrogens with zero attached hydrogens (tertiary/aromatic N) is 3. The topological polar surface area (TPSA) is 96.3 Å². The van der Waals surface area contributed by atoms with Crippen LogP contribution in [0.15, 0.2) is 58.5 Å². The van der Waals surface area contributed by atoms with Gasteiger partial charge in [-0.25, -0.2) is 28.1 Å². The number of nitrogens with one attached hydrogen (secondary N) is 2. The first-order chi connectivity index (χ1) is 16.5. The second-order valence-electron chi connectivity index (χ2n) is 9.16. The summed E-state index contributed by atoms with van der Waals surface area (Å²) in [4.78, 5) is 14.4. The van der Waals surface area contributed by atoms with Gasteiger partial charge in [0.25, 0.3) is 10.0 Å². The maximum absolute atomic E-state index is 12.8. The highest BCUT2D eigenvalue weighted by Gasteiger charge is 2.34. The molecule has 7 nitrogen and oxygen atoms in total. The summed E-state index contributed by atoms with van der Waals surface area (Å²) in [7, 11) is -0.441. The SMILES string of the molecule is Cc1cc(C)c2c(c1)-c1c(ssc1=Nc1ccc(S(=O)(=O)Nc3nccc(C)n3)cc1)C(C)(C)N2. The monoisotopic (exact) mass is 523 g/mol. The average Bonchev–Trinajstić information content (AvgIpc) is 3.20. The van der Waals surface area contributed by atoms with E-state index in [1.165, 1.54) is 22.2 Å². The second-order valence-corrected chi connectivity index (χ2v) is 13.0. The fraction of sp³-hybridized carbons (Fsp3) is 0.240. The zero-order valence-electron chi connectivity index (χ0n) is 20.0. The molecule has 0 radical (unpaired) electrons. The number of hydrogen-bond donors (Lipinski definition) is 2. The Hall–Kier alpha value is -3.08. The Bertz CT molecular complexity index is 1620. The van der Waals surface area contributed by atoms with E-state index >= 15 is 0 Å². The van der Waals surface area contributed by atoms with Crippen LogP contribution in [0.25, 0.3) is 11.1 Å². The van der Waals surface area contributed by atoms with E-state index in [0.29, 0.717) is 11.4 Å². The van der Waals surface area contributed by atoms with Gasteiger partial charge < -0.3 is 5.32 Å². The van der Waals surface area contributed by atoms with Crippen molar-refractivity contribution in [2.45, 2.75) is 45.1 Å². The van der Waals surface area contributed by atoms with Crippen molar-refractivity contribution in [3.63, 3.8) is 0 Å². The smallest absolute Gasteiger partial charge is 0.264 e. The first kappa shape index (κ1) is 23.7. The van der Waals surface area contributed by atoms with Crippen molar-refractivity contribution in [3.05, 3.63) is 75.0 Å². The molecule has 0 unspecified atom stereocenters. The van der Waals surface area contributed by atoms with Crippen molar-refractivity contribution in [2.24, 2.45) is 4.99 Å². The average molecular weight is 524 g/mol. The molecule has 5 rings (SSSR count). The Labute approximate surface area is 212 Å². The molecule has 2 aromatic carbocycles. The van der Waals surface area contributed by atoms with Crippen molar-refractivity contribution in [3.8, 4) is 11.1 Å². The third-order valence-corrected chi connectivity index (χ3v) is 9.78. The van der Waals surface area contributed by atoms with Gasteiger partial charge in [0.1, 0.15) is 4.67 Å². The Kier molecular flexibility index (Phi) is 5.77. The molecule has 0 amide bonds. The highest BCUT2D eigenvalue weighted by molar-refractivity contribution is 7.92. The van der Waals surface area contributed by atoms with E-state index < -0.39 is 10.0 Å². The van der Waals surface area contributed by atoms with Crippen molar-refractivity contribution >= 4 is 48.0 Å². The van der Waals surface area contributed by atoms with Gasteiger partial charge in [0, 0.05) is 28.7 Å². The number of aryl methyl sites for hydroxylation is 3. The molecule has 0 aliphatic carbocycles. The van der Waals surface area contributed by atoms with E-state index in [-0.39, 0.29) is 16.4 Å². The summed E-state index contributed by atoms with van der Waals surface area (Å²) in [5.41, 5.74) is 7.03. The standard InChI is InChI=1S/C25H25N5O2S3/c1-14-12-15(2)21-19(13-14)20-22(25(4,5)29-21)33-34-23(20)28-17-6-8-18(9-7-17)35(31,32)30-24-26-11-10-16(3)27-24/h6-13,29H,1-5H3,(H,26,27,30). The molecule has 0 saturated heterocycles. The molecule has 180 valence electrons. The summed E-state index contributed by atoms with van der Waals surface area (Å²) in [6.45, 7) is 10.4.